The number of nitrogens with zero attached hydrogens (tertiary/aromatic N) is 3. The van der Waals surface area contributed by atoms with Crippen molar-refractivity contribution in [2.24, 2.45) is 0 Å². The van der Waals surface area contributed by atoms with Gasteiger partial charge in [-0.05, 0) is 54.4 Å². The smallest absolute Gasteiger partial charge is 0.380 e. The molecule has 3 heterocycles. The fraction of sp³-hybridized carbons (Fsp3) is 0.217. The zero-order valence-corrected chi connectivity index (χ0v) is 19.3. The van der Waals surface area contributed by atoms with Crippen LogP contribution in [0.2, 0.25) is 0 Å². The van der Waals surface area contributed by atoms with Crippen molar-refractivity contribution >= 4 is 33.5 Å². The summed E-state index contributed by atoms with van der Waals surface area (Å²) in [4.78, 5) is 11.2. The molecule has 1 unspecified atom stereocenters. The normalized spacial score (nSPS) is 12.7. The quantitative estimate of drug-likeness (QED) is 0.353. The summed E-state index contributed by atoms with van der Waals surface area (Å²) in [7, 11) is 0.239. The number of nitrogens with one attached hydrogen (secondary N) is 2. The van der Waals surface area contributed by atoms with Gasteiger partial charge in [0.1, 0.15) is 28.3 Å². The second-order valence-corrected chi connectivity index (χ2v) is 9.10. The number of rotatable bonds is 6. The molecule has 34 heavy (non-hydrogen) atoms. The lowest BCUT2D eigenvalue weighted by molar-refractivity contribution is -0.137. The summed E-state index contributed by atoms with van der Waals surface area (Å²) in [6, 6.07) is 8.90. The van der Waals surface area contributed by atoms with Crippen molar-refractivity contribution in [1.29, 1.82) is 0 Å². The predicted molar refractivity (Wildman–Crippen MR) is 125 cm³/mol. The summed E-state index contributed by atoms with van der Waals surface area (Å²) in [6.07, 6.45) is -0.818. The van der Waals surface area contributed by atoms with Crippen LogP contribution in [0.15, 0.2) is 48.8 Å². The minimum Gasteiger partial charge on any atom is -0.380 e. The maximum atomic E-state index is 13.9. The van der Waals surface area contributed by atoms with E-state index in [9.17, 15) is 21.8 Å². The van der Waals surface area contributed by atoms with Crippen molar-refractivity contribution in [3.8, 4) is 11.3 Å². The fourth-order valence-corrected chi connectivity index (χ4v) is 4.03. The van der Waals surface area contributed by atoms with Gasteiger partial charge in [-0.3, -0.25) is 4.31 Å². The molecule has 0 aliphatic rings. The van der Waals surface area contributed by atoms with Crippen LogP contribution in [0.4, 0.5) is 29.1 Å². The van der Waals surface area contributed by atoms with Gasteiger partial charge in [0.05, 0.1) is 11.3 Å². The number of pyridine rings is 2. The van der Waals surface area contributed by atoms with Gasteiger partial charge in [-0.15, -0.1) is 0 Å². The first-order valence-corrected chi connectivity index (χ1v) is 11.7. The number of alkyl halides is 3. The predicted octanol–water partition coefficient (Wildman–Crippen LogP) is 5.43. The molecule has 2 N–H and O–H groups in total. The second kappa shape index (κ2) is 9.05. The summed E-state index contributed by atoms with van der Waals surface area (Å²) in [5.41, 5.74) is 1.71. The van der Waals surface area contributed by atoms with E-state index in [4.69, 9.17) is 0 Å². The first kappa shape index (κ1) is 23.7. The van der Waals surface area contributed by atoms with Crippen LogP contribution in [-0.4, -0.2) is 32.5 Å². The minimum absolute atomic E-state index is 0.00972. The molecular weight excluding hydrogens is 470 g/mol. The third-order valence-corrected chi connectivity index (χ3v) is 6.46. The molecule has 0 radical (unpaired) electrons. The average molecular weight is 492 g/mol. The molecule has 4 rings (SSSR count). The van der Waals surface area contributed by atoms with E-state index in [1.807, 2.05) is 6.92 Å². The number of aromatic amines is 1. The molecule has 6 nitrogen and oxygen atoms in total. The third-order valence-electron chi connectivity index (χ3n) is 5.51. The number of hydrogen-bond acceptors (Lipinski definition) is 4. The van der Waals surface area contributed by atoms with E-state index >= 15 is 0 Å². The van der Waals surface area contributed by atoms with Gasteiger partial charge >= 0.3 is 6.18 Å². The molecule has 0 saturated carbocycles. The van der Waals surface area contributed by atoms with Gasteiger partial charge in [0.2, 0.25) is 0 Å². The van der Waals surface area contributed by atoms with Crippen molar-refractivity contribution in [2.45, 2.75) is 19.6 Å². The van der Waals surface area contributed by atoms with E-state index < -0.39 is 28.5 Å². The molecule has 1 atom stereocenters. The Bertz CT molecular complexity index is 1370. The lowest BCUT2D eigenvalue weighted by atomic mass is 10.1. The van der Waals surface area contributed by atoms with Crippen LogP contribution >= 0.6 is 0 Å². The largest absolute Gasteiger partial charge is 0.419 e. The number of anilines is 2. The zero-order chi connectivity index (χ0) is 24.6. The number of fused-ring (bicyclic) bond motifs is 1. The summed E-state index contributed by atoms with van der Waals surface area (Å²) in [5, 5.41) is 3.16. The Balaban J connectivity index is 1.80. The summed E-state index contributed by atoms with van der Waals surface area (Å²) in [6.45, 7) is 1.82. The Hall–Kier alpha value is -3.47. The zero-order valence-electron chi connectivity index (χ0n) is 18.5. The highest BCUT2D eigenvalue weighted by molar-refractivity contribution is 7.85. The Kier molecular flexibility index (Phi) is 6.30. The standard InChI is InChI=1S/C23H21F4N5OS/c1-13-8-9-28-22(32(2)34(3)33)17(13)11-29-20-16-10-19(14-4-6-15(24)7-5-14)31-21(16)30-12-18(20)23(25,26)27/h4-10,12H,11H2,1-3H3,(H2,29,30,31). The van der Waals surface area contributed by atoms with E-state index in [0.29, 0.717) is 22.6 Å². The Morgan fingerprint density at radius 3 is 2.50 bits per heavy atom. The molecule has 11 heteroatoms. The Morgan fingerprint density at radius 1 is 1.15 bits per heavy atom. The molecule has 0 aliphatic heterocycles. The summed E-state index contributed by atoms with van der Waals surface area (Å²) in [5.74, 6) is -0.00594. The van der Waals surface area contributed by atoms with Crippen LogP contribution in [0.5, 0.6) is 0 Å². The second-order valence-electron chi connectivity index (χ2n) is 7.70. The molecule has 0 bridgehead atoms. The minimum atomic E-state index is -4.65. The van der Waals surface area contributed by atoms with Gasteiger partial charge < -0.3 is 10.3 Å². The molecule has 0 amide bonds. The van der Waals surface area contributed by atoms with Gasteiger partial charge in [0.15, 0.2) is 0 Å². The summed E-state index contributed by atoms with van der Waals surface area (Å²) >= 11 is 0. The molecular formula is C23H21F4N5OS. The van der Waals surface area contributed by atoms with Crippen LogP contribution in [0, 0.1) is 12.7 Å². The average Bonchev–Trinajstić information content (AvgIpc) is 3.21. The van der Waals surface area contributed by atoms with Crippen molar-refractivity contribution < 1.29 is 21.8 Å². The Morgan fingerprint density at radius 2 is 1.85 bits per heavy atom. The SMILES string of the molecule is Cc1ccnc(N(C)S(C)=O)c1CNc1c(C(F)(F)F)cnc2[nH]c(-c3ccc(F)cc3)cc12. The van der Waals surface area contributed by atoms with Crippen molar-refractivity contribution in [3.05, 3.63) is 71.3 Å². The van der Waals surface area contributed by atoms with Gasteiger partial charge in [0.25, 0.3) is 0 Å². The van der Waals surface area contributed by atoms with E-state index in [-0.39, 0.29) is 23.3 Å². The van der Waals surface area contributed by atoms with E-state index in [2.05, 4.69) is 20.3 Å². The lowest BCUT2D eigenvalue weighted by Gasteiger charge is -2.21. The highest BCUT2D eigenvalue weighted by atomic mass is 32.2. The lowest BCUT2D eigenvalue weighted by Crippen LogP contribution is -2.23. The van der Waals surface area contributed by atoms with Gasteiger partial charge in [0, 0.05) is 48.9 Å². The van der Waals surface area contributed by atoms with E-state index in [1.165, 1.54) is 34.8 Å². The highest BCUT2D eigenvalue weighted by Crippen LogP contribution is 2.40. The first-order chi connectivity index (χ1) is 16.1. The van der Waals surface area contributed by atoms with Crippen LogP contribution in [0.25, 0.3) is 22.3 Å². The van der Waals surface area contributed by atoms with E-state index in [0.717, 1.165) is 11.8 Å². The topological polar surface area (TPSA) is 73.9 Å². The van der Waals surface area contributed by atoms with Gasteiger partial charge in [-0.25, -0.2) is 18.6 Å². The molecule has 178 valence electrons. The molecule has 0 fully saturated rings. The van der Waals surface area contributed by atoms with E-state index in [1.54, 1.807) is 25.4 Å². The van der Waals surface area contributed by atoms with Crippen molar-refractivity contribution in [3.63, 3.8) is 0 Å². The maximum Gasteiger partial charge on any atom is 0.419 e. The molecule has 4 aromatic rings. The number of H-pyrrole nitrogens is 1. The molecule has 0 spiro atoms. The molecule has 0 aliphatic carbocycles. The monoisotopic (exact) mass is 491 g/mol. The molecule has 1 aromatic carbocycles. The van der Waals surface area contributed by atoms with Crippen LogP contribution in [0.3, 0.4) is 0 Å². The van der Waals surface area contributed by atoms with Crippen LogP contribution in [-0.2, 0) is 23.7 Å². The number of halogens is 4. The van der Waals surface area contributed by atoms with Crippen molar-refractivity contribution in [2.75, 3.05) is 22.9 Å². The highest BCUT2D eigenvalue weighted by Gasteiger charge is 2.35. The fourth-order valence-electron chi connectivity index (χ4n) is 3.63. The molecule has 0 saturated heterocycles. The number of hydrogen-bond donors (Lipinski definition) is 2. The summed E-state index contributed by atoms with van der Waals surface area (Å²) < 4.78 is 68.4. The maximum absolute atomic E-state index is 13.9. The number of aromatic nitrogens is 3. The first-order valence-electron chi connectivity index (χ1n) is 10.2. The van der Waals surface area contributed by atoms with Crippen LogP contribution < -0.4 is 9.62 Å². The Labute approximate surface area is 195 Å². The number of aryl methyl sites for hydroxylation is 1. The van der Waals surface area contributed by atoms with Gasteiger partial charge in [-0.2, -0.15) is 13.2 Å². The number of benzene rings is 1. The van der Waals surface area contributed by atoms with Gasteiger partial charge in [-0.1, -0.05) is 0 Å². The third kappa shape index (κ3) is 4.60. The molecule has 3 aromatic heterocycles. The van der Waals surface area contributed by atoms with Crippen molar-refractivity contribution in [1.82, 2.24) is 15.0 Å². The van der Waals surface area contributed by atoms with Crippen LogP contribution in [0.1, 0.15) is 16.7 Å².